The molecular formula is C16H16NO3S2-. The van der Waals surface area contributed by atoms with Crippen LogP contribution in [0.15, 0.2) is 29.2 Å². The van der Waals surface area contributed by atoms with E-state index in [9.17, 15) is 14.7 Å². The maximum absolute atomic E-state index is 12.4. The van der Waals surface area contributed by atoms with Crippen LogP contribution in [0.5, 0.6) is 0 Å². The molecule has 0 saturated carbocycles. The Labute approximate surface area is 139 Å². The van der Waals surface area contributed by atoms with Crippen LogP contribution in [0.1, 0.15) is 30.4 Å². The zero-order chi connectivity index (χ0) is 16.1. The minimum atomic E-state index is -1.06. The number of nitrogens with zero attached hydrogens (tertiary/aromatic N) is 1. The van der Waals surface area contributed by atoms with Crippen LogP contribution in [0.25, 0.3) is 6.08 Å². The Morgan fingerprint density at radius 2 is 2.09 bits per heavy atom. The van der Waals surface area contributed by atoms with Crippen LogP contribution in [-0.2, 0) is 9.59 Å². The first kappa shape index (κ1) is 16.7. The first-order chi connectivity index (χ1) is 10.5. The van der Waals surface area contributed by atoms with Gasteiger partial charge in [0.05, 0.1) is 4.91 Å². The lowest BCUT2D eigenvalue weighted by Gasteiger charge is -2.14. The molecule has 0 N–H and O–H groups in total. The molecule has 1 aliphatic rings. The van der Waals surface area contributed by atoms with Gasteiger partial charge in [-0.15, -0.1) is 0 Å². The van der Waals surface area contributed by atoms with Gasteiger partial charge in [-0.05, 0) is 43.4 Å². The van der Waals surface area contributed by atoms with Crippen LogP contribution < -0.4 is 5.11 Å². The highest BCUT2D eigenvalue weighted by atomic mass is 32.2. The molecule has 1 fully saturated rings. The smallest absolute Gasteiger partial charge is 0.266 e. The first-order valence-electron chi connectivity index (χ1n) is 7.00. The number of benzene rings is 1. The second-order valence-electron chi connectivity index (χ2n) is 5.02. The van der Waals surface area contributed by atoms with Crippen molar-refractivity contribution in [3.05, 3.63) is 40.3 Å². The topological polar surface area (TPSA) is 60.4 Å². The summed E-state index contributed by atoms with van der Waals surface area (Å²) in [6, 6.07) is 7.84. The quantitative estimate of drug-likeness (QED) is 0.453. The van der Waals surface area contributed by atoms with Gasteiger partial charge in [-0.2, -0.15) is 0 Å². The number of carboxylic acid groups (broad SMARTS) is 1. The van der Waals surface area contributed by atoms with E-state index in [4.69, 9.17) is 12.2 Å². The monoisotopic (exact) mass is 334 g/mol. The largest absolute Gasteiger partial charge is 0.550 e. The fraction of sp³-hybridized carbons (Fsp3) is 0.312. The van der Waals surface area contributed by atoms with Crippen LogP contribution >= 0.6 is 24.0 Å². The summed E-state index contributed by atoms with van der Waals surface area (Å²) in [6.45, 7) is 2.44. The molecule has 1 aromatic rings. The summed E-state index contributed by atoms with van der Waals surface area (Å²) >= 11 is 6.53. The van der Waals surface area contributed by atoms with Crippen LogP contribution in [0, 0.1) is 6.92 Å². The normalized spacial score (nSPS) is 16.6. The molecule has 22 heavy (non-hydrogen) atoms. The molecule has 0 bridgehead atoms. The van der Waals surface area contributed by atoms with Crippen molar-refractivity contribution in [3.8, 4) is 0 Å². The molecule has 4 nitrogen and oxygen atoms in total. The average Bonchev–Trinajstić information content (AvgIpc) is 2.72. The number of carbonyl (C=O) groups excluding carboxylic acids is 2. The van der Waals surface area contributed by atoms with E-state index in [1.54, 1.807) is 4.90 Å². The van der Waals surface area contributed by atoms with E-state index in [1.165, 1.54) is 11.8 Å². The van der Waals surface area contributed by atoms with E-state index in [-0.39, 0.29) is 12.3 Å². The molecule has 1 aliphatic heterocycles. The van der Waals surface area contributed by atoms with E-state index < -0.39 is 5.97 Å². The van der Waals surface area contributed by atoms with Gasteiger partial charge in [-0.25, -0.2) is 0 Å². The van der Waals surface area contributed by atoms with Crippen molar-refractivity contribution in [2.24, 2.45) is 0 Å². The molecule has 1 amide bonds. The third kappa shape index (κ3) is 4.18. The van der Waals surface area contributed by atoms with Gasteiger partial charge in [0.25, 0.3) is 5.91 Å². The third-order valence-corrected chi connectivity index (χ3v) is 4.74. The second kappa shape index (κ2) is 7.56. The minimum Gasteiger partial charge on any atom is -0.550 e. The molecule has 2 rings (SSSR count). The van der Waals surface area contributed by atoms with Gasteiger partial charge in [0, 0.05) is 12.5 Å². The summed E-state index contributed by atoms with van der Waals surface area (Å²) < 4.78 is 0.526. The highest BCUT2D eigenvalue weighted by Gasteiger charge is 2.31. The van der Waals surface area contributed by atoms with Gasteiger partial charge in [-0.3, -0.25) is 9.69 Å². The van der Waals surface area contributed by atoms with Crippen LogP contribution in [-0.4, -0.2) is 27.6 Å². The molecule has 6 heteroatoms. The molecule has 1 saturated heterocycles. The molecule has 0 radical (unpaired) electrons. The Hall–Kier alpha value is -1.66. The van der Waals surface area contributed by atoms with Crippen molar-refractivity contribution < 1.29 is 14.7 Å². The third-order valence-electron chi connectivity index (χ3n) is 3.36. The lowest BCUT2D eigenvalue weighted by atomic mass is 10.1. The number of hydrogen-bond donors (Lipinski definition) is 0. The lowest BCUT2D eigenvalue weighted by Crippen LogP contribution is -2.29. The predicted octanol–water partition coefficient (Wildman–Crippen LogP) is 2.12. The van der Waals surface area contributed by atoms with Gasteiger partial charge in [0.2, 0.25) is 0 Å². The van der Waals surface area contributed by atoms with E-state index in [2.05, 4.69) is 0 Å². The van der Waals surface area contributed by atoms with Crippen molar-refractivity contribution in [1.82, 2.24) is 4.90 Å². The predicted molar refractivity (Wildman–Crippen MR) is 89.9 cm³/mol. The number of thioether (sulfide) groups is 1. The summed E-state index contributed by atoms with van der Waals surface area (Å²) in [5.74, 6) is -1.17. The van der Waals surface area contributed by atoms with Crippen molar-refractivity contribution in [1.29, 1.82) is 0 Å². The number of thiocarbonyl (C=S) groups is 1. The molecule has 0 atom stereocenters. The molecule has 116 valence electrons. The van der Waals surface area contributed by atoms with E-state index in [0.717, 1.165) is 11.1 Å². The number of amides is 1. The Morgan fingerprint density at radius 1 is 1.36 bits per heavy atom. The Kier molecular flexibility index (Phi) is 5.74. The Bertz CT molecular complexity index is 640. The lowest BCUT2D eigenvalue weighted by molar-refractivity contribution is -0.305. The fourth-order valence-electron chi connectivity index (χ4n) is 2.12. The standard InChI is InChI=1S/C16H17NO3S2/c1-11-6-2-3-7-12(11)10-13-15(20)17(16(21)22-13)9-5-4-8-14(18)19/h2-3,6-7,10H,4-5,8-9H2,1H3,(H,18,19)/p-1/b13-10-. The summed E-state index contributed by atoms with van der Waals surface area (Å²) in [7, 11) is 0. The van der Waals surface area contributed by atoms with Gasteiger partial charge in [0.15, 0.2) is 0 Å². The summed E-state index contributed by atoms with van der Waals surface area (Å²) in [5.41, 5.74) is 2.10. The molecule has 1 heterocycles. The SMILES string of the molecule is Cc1ccccc1/C=C1\SC(=S)N(CCCCC(=O)[O-])C1=O. The number of unbranched alkanes of at least 4 members (excludes halogenated alkanes) is 1. The maximum atomic E-state index is 12.4. The second-order valence-corrected chi connectivity index (χ2v) is 6.69. The van der Waals surface area contributed by atoms with E-state index in [1.807, 2.05) is 37.3 Å². The molecule has 1 aromatic carbocycles. The van der Waals surface area contributed by atoms with E-state index in [0.29, 0.717) is 28.6 Å². The van der Waals surface area contributed by atoms with E-state index >= 15 is 0 Å². The molecule has 0 unspecified atom stereocenters. The van der Waals surface area contributed by atoms with Crippen molar-refractivity contribution in [2.45, 2.75) is 26.2 Å². The molecule has 0 spiro atoms. The highest BCUT2D eigenvalue weighted by Crippen LogP contribution is 2.33. The first-order valence-corrected chi connectivity index (χ1v) is 8.22. The zero-order valence-corrected chi connectivity index (χ0v) is 13.8. The van der Waals surface area contributed by atoms with Gasteiger partial charge < -0.3 is 9.90 Å². The van der Waals surface area contributed by atoms with Gasteiger partial charge in [0.1, 0.15) is 4.32 Å². The van der Waals surface area contributed by atoms with Crippen LogP contribution in [0.4, 0.5) is 0 Å². The molecule has 0 aliphatic carbocycles. The summed E-state index contributed by atoms with van der Waals surface area (Å²) in [4.78, 5) is 24.9. The summed E-state index contributed by atoms with van der Waals surface area (Å²) in [5, 5.41) is 10.4. The zero-order valence-electron chi connectivity index (χ0n) is 12.2. The molecular weight excluding hydrogens is 318 g/mol. The molecule has 0 aromatic heterocycles. The number of aryl methyl sites for hydroxylation is 1. The minimum absolute atomic E-state index is 0.00778. The van der Waals surface area contributed by atoms with Crippen molar-refractivity contribution in [2.75, 3.05) is 6.54 Å². The van der Waals surface area contributed by atoms with Gasteiger partial charge >= 0.3 is 0 Å². The number of carboxylic acids is 1. The number of hydrogen-bond acceptors (Lipinski definition) is 5. The Balaban J connectivity index is 2.02. The van der Waals surface area contributed by atoms with Crippen molar-refractivity contribution in [3.63, 3.8) is 0 Å². The highest BCUT2D eigenvalue weighted by molar-refractivity contribution is 8.26. The number of aliphatic carboxylic acids is 1. The average molecular weight is 334 g/mol. The maximum Gasteiger partial charge on any atom is 0.266 e. The fourth-order valence-corrected chi connectivity index (χ4v) is 3.42. The summed E-state index contributed by atoms with van der Waals surface area (Å²) in [6.07, 6.45) is 2.94. The number of carbonyl (C=O) groups is 2. The van der Waals surface area contributed by atoms with Crippen molar-refractivity contribution >= 4 is 46.3 Å². The van der Waals surface area contributed by atoms with Crippen LogP contribution in [0.2, 0.25) is 0 Å². The van der Waals surface area contributed by atoms with Gasteiger partial charge in [-0.1, -0.05) is 48.2 Å². The Morgan fingerprint density at radius 3 is 2.77 bits per heavy atom. The number of rotatable bonds is 6. The van der Waals surface area contributed by atoms with Crippen LogP contribution in [0.3, 0.4) is 0 Å².